The third-order valence-electron chi connectivity index (χ3n) is 6.88. The highest BCUT2D eigenvalue weighted by atomic mass is 16.5. The summed E-state index contributed by atoms with van der Waals surface area (Å²) in [6.07, 6.45) is 3.60. The fourth-order valence-electron chi connectivity index (χ4n) is 4.68. The molecule has 190 valence electrons. The van der Waals surface area contributed by atoms with E-state index in [4.69, 9.17) is 15.5 Å². The molecule has 5 N–H and O–H groups in total. The van der Waals surface area contributed by atoms with E-state index in [-0.39, 0.29) is 17.8 Å². The van der Waals surface area contributed by atoms with Crippen molar-refractivity contribution in [3.05, 3.63) is 29.6 Å². The van der Waals surface area contributed by atoms with E-state index in [2.05, 4.69) is 32.5 Å². The van der Waals surface area contributed by atoms with Crippen molar-refractivity contribution in [2.45, 2.75) is 51.2 Å². The third-order valence-corrected chi connectivity index (χ3v) is 6.88. The van der Waals surface area contributed by atoms with Crippen LogP contribution in [0.5, 0.6) is 5.75 Å². The van der Waals surface area contributed by atoms with Crippen molar-refractivity contribution in [2.24, 2.45) is 5.73 Å². The van der Waals surface area contributed by atoms with Gasteiger partial charge in [-0.1, -0.05) is 6.92 Å². The van der Waals surface area contributed by atoms with Crippen LogP contribution < -0.4 is 26.0 Å². The number of carbonyl (C=O) groups is 1. The molecule has 1 aromatic heterocycles. The summed E-state index contributed by atoms with van der Waals surface area (Å²) in [4.78, 5) is 26.2. The normalized spacial score (nSPS) is 21.0. The molecule has 0 atom stereocenters. The minimum absolute atomic E-state index is 0.0941. The highest BCUT2D eigenvalue weighted by Gasteiger charge is 2.23. The number of piperazine rings is 1. The zero-order chi connectivity index (χ0) is 24.9. The molecule has 1 aliphatic heterocycles. The van der Waals surface area contributed by atoms with E-state index in [1.165, 1.54) is 0 Å². The number of carbonyl (C=O) groups excluding carboxylic acids is 1. The first-order valence-corrected chi connectivity index (χ1v) is 12.4. The summed E-state index contributed by atoms with van der Waals surface area (Å²) in [6.45, 7) is 5.90. The first-order valence-electron chi connectivity index (χ1n) is 12.4. The lowest BCUT2D eigenvalue weighted by molar-refractivity contribution is 0.0996. The Bertz CT molecular complexity index is 1030. The summed E-state index contributed by atoms with van der Waals surface area (Å²) in [6, 6.07) is 6.17. The van der Waals surface area contributed by atoms with Crippen LogP contribution in [-0.2, 0) is 6.42 Å². The Morgan fingerprint density at radius 1 is 1.14 bits per heavy atom. The van der Waals surface area contributed by atoms with Crippen molar-refractivity contribution >= 4 is 28.9 Å². The summed E-state index contributed by atoms with van der Waals surface area (Å²) in [5.41, 5.74) is 8.22. The maximum Gasteiger partial charge on any atom is 0.271 e. The van der Waals surface area contributed by atoms with Gasteiger partial charge in [-0.25, -0.2) is 9.97 Å². The van der Waals surface area contributed by atoms with E-state index >= 15 is 0 Å². The van der Waals surface area contributed by atoms with Crippen LogP contribution in [0.1, 0.15) is 48.8 Å². The zero-order valence-electron chi connectivity index (χ0n) is 20.9. The van der Waals surface area contributed by atoms with Gasteiger partial charge >= 0.3 is 0 Å². The van der Waals surface area contributed by atoms with Gasteiger partial charge in [0, 0.05) is 44.0 Å². The number of likely N-dealkylation sites (N-methyl/N-ethyl adjacent to an activating group) is 1. The number of nitrogens with two attached hydrogens (primary N) is 1. The SMILES string of the molecule is CCc1nc(C(N)=O)c(Nc2ccc(N3CCN(C)CC3)cc2OC)nc1N[C@H]1CC[C@H](O)CC1. The molecule has 1 amide bonds. The molecule has 1 saturated heterocycles. The molecular weight excluding hydrogens is 446 g/mol. The van der Waals surface area contributed by atoms with E-state index < -0.39 is 5.91 Å². The van der Waals surface area contributed by atoms with Crippen LogP contribution in [0.15, 0.2) is 18.2 Å². The minimum atomic E-state index is -0.643. The van der Waals surface area contributed by atoms with Crippen molar-refractivity contribution in [3.8, 4) is 5.75 Å². The van der Waals surface area contributed by atoms with Crippen molar-refractivity contribution in [3.63, 3.8) is 0 Å². The number of ether oxygens (including phenoxy) is 1. The first-order chi connectivity index (χ1) is 16.9. The number of aliphatic hydroxyl groups is 1. The fourth-order valence-corrected chi connectivity index (χ4v) is 4.68. The number of rotatable bonds is 8. The van der Waals surface area contributed by atoms with Gasteiger partial charge in [0.15, 0.2) is 11.5 Å². The molecule has 0 bridgehead atoms. The molecule has 10 nitrogen and oxygen atoms in total. The fraction of sp³-hybridized carbons (Fsp3) is 0.560. The number of aromatic nitrogens is 2. The van der Waals surface area contributed by atoms with Gasteiger partial charge in [-0.3, -0.25) is 4.79 Å². The van der Waals surface area contributed by atoms with Gasteiger partial charge in [-0.15, -0.1) is 0 Å². The molecular formula is C25H37N7O3. The second-order valence-electron chi connectivity index (χ2n) is 9.38. The lowest BCUT2D eigenvalue weighted by atomic mass is 9.93. The Morgan fingerprint density at radius 2 is 1.86 bits per heavy atom. The number of hydrogen-bond acceptors (Lipinski definition) is 9. The predicted octanol–water partition coefficient (Wildman–Crippen LogP) is 2.36. The number of hydrogen-bond donors (Lipinski definition) is 4. The van der Waals surface area contributed by atoms with Gasteiger partial charge in [-0.05, 0) is 51.3 Å². The first kappa shape index (κ1) is 25.0. The van der Waals surface area contributed by atoms with E-state index in [0.29, 0.717) is 35.2 Å². The number of nitrogens with one attached hydrogen (secondary N) is 2. The van der Waals surface area contributed by atoms with Gasteiger partial charge in [0.2, 0.25) is 0 Å². The smallest absolute Gasteiger partial charge is 0.271 e. The number of primary amides is 1. The quantitative estimate of drug-likeness (QED) is 0.447. The van der Waals surface area contributed by atoms with E-state index in [1.54, 1.807) is 7.11 Å². The van der Waals surface area contributed by atoms with Crippen LogP contribution in [-0.4, -0.2) is 78.4 Å². The average molecular weight is 484 g/mol. The van der Waals surface area contributed by atoms with E-state index in [0.717, 1.165) is 57.5 Å². The van der Waals surface area contributed by atoms with Crippen LogP contribution in [0.25, 0.3) is 0 Å². The summed E-state index contributed by atoms with van der Waals surface area (Å²) in [5, 5.41) is 16.5. The summed E-state index contributed by atoms with van der Waals surface area (Å²) >= 11 is 0. The van der Waals surface area contributed by atoms with Crippen molar-refractivity contribution in [2.75, 3.05) is 55.9 Å². The second-order valence-corrected chi connectivity index (χ2v) is 9.38. The Balaban J connectivity index is 1.61. The van der Waals surface area contributed by atoms with Gasteiger partial charge < -0.3 is 36.0 Å². The lowest BCUT2D eigenvalue weighted by Gasteiger charge is -2.34. The van der Waals surface area contributed by atoms with Crippen molar-refractivity contribution in [1.29, 1.82) is 0 Å². The van der Waals surface area contributed by atoms with Gasteiger partial charge in [0.25, 0.3) is 5.91 Å². The van der Waals surface area contributed by atoms with Gasteiger partial charge in [0.1, 0.15) is 11.6 Å². The number of benzene rings is 1. The maximum absolute atomic E-state index is 12.2. The van der Waals surface area contributed by atoms with Crippen LogP contribution in [0.2, 0.25) is 0 Å². The van der Waals surface area contributed by atoms with Crippen LogP contribution >= 0.6 is 0 Å². The molecule has 0 spiro atoms. The van der Waals surface area contributed by atoms with Gasteiger partial charge in [-0.2, -0.15) is 0 Å². The maximum atomic E-state index is 12.2. The Hall–Kier alpha value is -3.11. The Kier molecular flexibility index (Phi) is 7.92. The number of methoxy groups -OCH3 is 1. The largest absolute Gasteiger partial charge is 0.494 e. The Morgan fingerprint density at radius 3 is 2.49 bits per heavy atom. The summed E-state index contributed by atoms with van der Waals surface area (Å²) in [5.74, 6) is 0.928. The highest BCUT2D eigenvalue weighted by Crippen LogP contribution is 2.33. The highest BCUT2D eigenvalue weighted by molar-refractivity contribution is 5.97. The zero-order valence-corrected chi connectivity index (χ0v) is 20.9. The minimum Gasteiger partial charge on any atom is -0.494 e. The molecule has 35 heavy (non-hydrogen) atoms. The van der Waals surface area contributed by atoms with Crippen molar-refractivity contribution in [1.82, 2.24) is 14.9 Å². The topological polar surface area (TPSA) is 129 Å². The predicted molar refractivity (Wildman–Crippen MR) is 138 cm³/mol. The number of amides is 1. The molecule has 2 heterocycles. The van der Waals surface area contributed by atoms with Crippen LogP contribution in [0, 0.1) is 0 Å². The summed E-state index contributed by atoms with van der Waals surface area (Å²) in [7, 11) is 3.76. The van der Waals surface area contributed by atoms with Crippen molar-refractivity contribution < 1.29 is 14.6 Å². The molecule has 0 unspecified atom stereocenters. The molecule has 1 saturated carbocycles. The Labute approximate surface area is 206 Å². The molecule has 2 aliphatic rings. The van der Waals surface area contributed by atoms with Crippen LogP contribution in [0.4, 0.5) is 23.0 Å². The lowest BCUT2D eigenvalue weighted by Crippen LogP contribution is -2.44. The molecule has 2 fully saturated rings. The molecule has 1 aliphatic carbocycles. The molecule has 0 radical (unpaired) electrons. The number of aliphatic hydroxyl groups excluding tert-OH is 1. The molecule has 10 heteroatoms. The monoisotopic (exact) mass is 483 g/mol. The third kappa shape index (κ3) is 5.94. The van der Waals surface area contributed by atoms with Crippen LogP contribution in [0.3, 0.4) is 0 Å². The summed E-state index contributed by atoms with van der Waals surface area (Å²) < 4.78 is 5.67. The second kappa shape index (κ2) is 11.1. The standard InChI is InChI=1S/C25H37N7O3/c1-4-19-24(27-16-5-8-18(33)9-6-16)30-25(22(28-19)23(26)34)29-20-10-7-17(15-21(20)35-3)32-13-11-31(2)12-14-32/h7,10,15-16,18,33H,4-6,8-9,11-14H2,1-3H3,(H2,26,34)(H2,27,29,30)/t16-,18-. The molecule has 2 aromatic rings. The van der Waals surface area contributed by atoms with Gasteiger partial charge in [0.05, 0.1) is 24.6 Å². The molecule has 4 rings (SSSR count). The van der Waals surface area contributed by atoms with E-state index in [1.807, 2.05) is 25.1 Å². The number of nitrogens with zero attached hydrogens (tertiary/aromatic N) is 4. The number of anilines is 4. The molecule has 1 aromatic carbocycles. The van der Waals surface area contributed by atoms with E-state index in [9.17, 15) is 9.90 Å². The number of aryl methyl sites for hydroxylation is 1. The average Bonchev–Trinajstić information content (AvgIpc) is 2.86.